The Kier molecular flexibility index (Phi) is 15.2. The Labute approximate surface area is 356 Å². The molecule has 4 rings (SSSR count). The highest BCUT2D eigenvalue weighted by molar-refractivity contribution is 5.59. The summed E-state index contributed by atoms with van der Waals surface area (Å²) < 4.78 is 0. The zero-order chi connectivity index (χ0) is 44.3. The van der Waals surface area contributed by atoms with Crippen molar-refractivity contribution in [2.24, 2.45) is 34.0 Å². The highest BCUT2D eigenvalue weighted by atomic mass is 14.9. The lowest BCUT2D eigenvalue weighted by molar-refractivity contribution is 0.171. The Bertz CT molecular complexity index is 2010. The van der Waals surface area contributed by atoms with E-state index in [4.69, 9.17) is 0 Å². The molecule has 0 spiro atoms. The molecule has 4 aliphatic carbocycles. The molecule has 306 valence electrons. The second kappa shape index (κ2) is 19.8. The molecule has 12 nitrogen and oxygen atoms in total. The third-order valence-electron chi connectivity index (χ3n) is 12.3. The molecule has 4 aliphatic rings. The molecule has 0 bridgehead atoms. The van der Waals surface area contributed by atoms with Crippen LogP contribution in [0.2, 0.25) is 0 Å². The van der Waals surface area contributed by atoms with Gasteiger partial charge in [-0.25, -0.2) is 0 Å². The average Bonchev–Trinajstić information content (AvgIpc) is 3.18. The molecule has 0 radical (unpaired) electrons. The number of rotatable bonds is 12. The maximum absolute atomic E-state index is 10.2. The maximum atomic E-state index is 10.2. The van der Waals surface area contributed by atoms with Gasteiger partial charge < -0.3 is 16.0 Å². The average molecular weight is 799 g/mol. The van der Waals surface area contributed by atoms with Gasteiger partial charge in [0.1, 0.15) is 71.3 Å². The van der Waals surface area contributed by atoms with Crippen LogP contribution in [0.5, 0.6) is 0 Å². The van der Waals surface area contributed by atoms with Crippen molar-refractivity contribution < 1.29 is 0 Å². The lowest BCUT2D eigenvalue weighted by Crippen LogP contribution is -2.33. The first kappa shape index (κ1) is 45.9. The van der Waals surface area contributed by atoms with Crippen LogP contribution in [0.15, 0.2) is 67.2 Å². The third-order valence-corrected chi connectivity index (χ3v) is 12.3. The standard InChI is InChI=1S/C48H54N12/c1-46(2)16-37(34(22-49)23-50)40(28-55)43(19-46)58-10-7-31-13-32(8-11-59-44-20-47(3,4)17-38(41(44)29-56)35(24-51)25-52)15-33(14-31)9-12-60-45-21-48(5,6)18-39(42(45)30-57)36(26-53)27-54/h31-33,58-60H,7-21H2,1-6H3. The summed E-state index contributed by atoms with van der Waals surface area (Å²) in [5.74, 6) is 1.10. The van der Waals surface area contributed by atoms with Gasteiger partial charge in [-0.1, -0.05) is 41.5 Å². The van der Waals surface area contributed by atoms with Gasteiger partial charge in [0.05, 0.1) is 16.7 Å². The predicted molar refractivity (Wildman–Crippen MR) is 224 cm³/mol. The fourth-order valence-corrected chi connectivity index (χ4v) is 9.80. The first-order valence-corrected chi connectivity index (χ1v) is 20.7. The number of nitrogens with zero attached hydrogens (tertiary/aromatic N) is 9. The summed E-state index contributed by atoms with van der Waals surface area (Å²) in [6.45, 7) is 14.3. The van der Waals surface area contributed by atoms with E-state index < -0.39 is 0 Å². The summed E-state index contributed by atoms with van der Waals surface area (Å²) in [6, 6.07) is 18.7. The van der Waals surface area contributed by atoms with E-state index in [1.165, 1.54) is 0 Å². The largest absolute Gasteiger partial charge is 0.387 e. The summed E-state index contributed by atoms with van der Waals surface area (Å²) in [6.07, 6.45) is 8.87. The van der Waals surface area contributed by atoms with Gasteiger partial charge in [-0.15, -0.1) is 0 Å². The highest BCUT2D eigenvalue weighted by Gasteiger charge is 2.36. The zero-order valence-electron chi connectivity index (χ0n) is 35.9. The van der Waals surface area contributed by atoms with Crippen molar-refractivity contribution in [3.05, 3.63) is 67.2 Å². The predicted octanol–water partition coefficient (Wildman–Crippen LogP) is 8.78. The first-order valence-electron chi connectivity index (χ1n) is 20.7. The van der Waals surface area contributed by atoms with Crippen molar-refractivity contribution >= 4 is 0 Å². The Hall–Kier alpha value is -6.75. The van der Waals surface area contributed by atoms with Crippen molar-refractivity contribution in [1.82, 2.24) is 16.0 Å². The lowest BCUT2D eigenvalue weighted by atomic mass is 9.71. The molecule has 1 fully saturated rings. The van der Waals surface area contributed by atoms with Crippen LogP contribution < -0.4 is 16.0 Å². The number of hydrogen-bond donors (Lipinski definition) is 3. The molecule has 0 unspecified atom stereocenters. The second-order valence-corrected chi connectivity index (χ2v) is 19.1. The lowest BCUT2D eigenvalue weighted by Gasteiger charge is -2.37. The second-order valence-electron chi connectivity index (χ2n) is 19.1. The van der Waals surface area contributed by atoms with Crippen LogP contribution in [0.4, 0.5) is 0 Å². The maximum Gasteiger partial charge on any atom is 0.134 e. The van der Waals surface area contributed by atoms with Gasteiger partial charge in [-0.2, -0.15) is 47.4 Å². The van der Waals surface area contributed by atoms with E-state index in [9.17, 15) is 47.4 Å². The Morgan fingerprint density at radius 3 is 0.850 bits per heavy atom. The van der Waals surface area contributed by atoms with E-state index in [0.717, 1.165) is 55.6 Å². The fourth-order valence-electron chi connectivity index (χ4n) is 9.80. The Balaban J connectivity index is 1.56. The van der Waals surface area contributed by atoms with E-state index in [1.54, 1.807) is 0 Å². The van der Waals surface area contributed by atoms with Crippen LogP contribution in [0, 0.1) is 136 Å². The van der Waals surface area contributed by atoms with Crippen LogP contribution in [0.25, 0.3) is 0 Å². The molecule has 12 heteroatoms. The fraction of sp³-hybridized carbons (Fsp3) is 0.562. The van der Waals surface area contributed by atoms with Gasteiger partial charge in [0.25, 0.3) is 0 Å². The van der Waals surface area contributed by atoms with E-state index in [0.29, 0.717) is 109 Å². The molecule has 1 saturated carbocycles. The smallest absolute Gasteiger partial charge is 0.134 e. The van der Waals surface area contributed by atoms with Gasteiger partial charge in [-0.3, -0.25) is 0 Å². The van der Waals surface area contributed by atoms with Crippen LogP contribution >= 0.6 is 0 Å². The van der Waals surface area contributed by atoms with Gasteiger partial charge in [-0.05, 0) is 111 Å². The van der Waals surface area contributed by atoms with Crippen molar-refractivity contribution in [3.63, 3.8) is 0 Å². The van der Waals surface area contributed by atoms with E-state index >= 15 is 0 Å². The van der Waals surface area contributed by atoms with Crippen molar-refractivity contribution in [2.75, 3.05) is 19.6 Å². The number of allylic oxidation sites excluding steroid dienone is 12. The first-order chi connectivity index (χ1) is 28.5. The molecule has 60 heavy (non-hydrogen) atoms. The minimum atomic E-state index is -0.233. The van der Waals surface area contributed by atoms with E-state index in [-0.39, 0.29) is 33.0 Å². The molecule has 0 aromatic carbocycles. The third kappa shape index (κ3) is 11.3. The SMILES string of the molecule is CC1(C)CC(NCCC2CC(CCNC3=C(C#N)C(=C(C#N)C#N)CC(C)(C)C3)CC(CCNC3=C(C#N)C(=C(C#N)C#N)CC(C)(C)C3)C2)=C(C#N)C(=C(C#N)C#N)C1. The minimum Gasteiger partial charge on any atom is -0.387 e. The van der Waals surface area contributed by atoms with Crippen molar-refractivity contribution in [1.29, 1.82) is 47.4 Å². The normalized spacial score (nSPS) is 22.8. The van der Waals surface area contributed by atoms with E-state index in [1.807, 2.05) is 36.4 Å². The minimum absolute atomic E-state index is 0.0201. The van der Waals surface area contributed by atoms with Gasteiger partial charge in [0.15, 0.2) is 0 Å². The zero-order valence-corrected chi connectivity index (χ0v) is 35.9. The summed E-state index contributed by atoms with van der Waals surface area (Å²) in [4.78, 5) is 0. The summed E-state index contributed by atoms with van der Waals surface area (Å²) >= 11 is 0. The Morgan fingerprint density at radius 1 is 0.417 bits per heavy atom. The molecule has 0 aromatic rings. The number of nitriles is 9. The molecule has 0 aromatic heterocycles. The van der Waals surface area contributed by atoms with E-state index in [2.05, 4.69) is 75.7 Å². The topological polar surface area (TPSA) is 250 Å². The molecule has 0 saturated heterocycles. The van der Waals surface area contributed by atoms with Crippen molar-refractivity contribution in [2.45, 2.75) is 119 Å². The summed E-state index contributed by atoms with van der Waals surface area (Å²) in [7, 11) is 0. The van der Waals surface area contributed by atoms with Crippen LogP contribution in [-0.4, -0.2) is 19.6 Å². The van der Waals surface area contributed by atoms with Crippen LogP contribution in [0.1, 0.15) is 119 Å². The summed E-state index contributed by atoms with van der Waals surface area (Å²) in [5, 5.41) is 99.0. The van der Waals surface area contributed by atoms with Crippen molar-refractivity contribution in [3.8, 4) is 54.6 Å². The summed E-state index contributed by atoms with van der Waals surface area (Å²) in [5.41, 5.74) is 4.24. The number of nitrogens with one attached hydrogen (secondary N) is 3. The molecular weight excluding hydrogens is 745 g/mol. The van der Waals surface area contributed by atoms with Gasteiger partial charge in [0.2, 0.25) is 0 Å². The van der Waals surface area contributed by atoms with Crippen LogP contribution in [-0.2, 0) is 0 Å². The highest BCUT2D eigenvalue weighted by Crippen LogP contribution is 2.45. The Morgan fingerprint density at radius 2 is 0.650 bits per heavy atom. The van der Waals surface area contributed by atoms with Gasteiger partial charge >= 0.3 is 0 Å². The monoisotopic (exact) mass is 798 g/mol. The number of hydrogen-bond acceptors (Lipinski definition) is 12. The molecule has 0 atom stereocenters. The molecule has 0 aliphatic heterocycles. The molecule has 0 heterocycles. The molecule has 0 amide bonds. The molecule has 3 N–H and O–H groups in total. The molecular formula is C48H54N12. The van der Waals surface area contributed by atoms with Gasteiger partial charge in [0, 0.05) is 53.4 Å². The quantitative estimate of drug-likeness (QED) is 0.157. The van der Waals surface area contributed by atoms with Crippen LogP contribution in [0.3, 0.4) is 0 Å².